The molecular weight excluding hydrogens is 262 g/mol. The molecule has 1 N–H and O–H groups in total. The van der Waals surface area contributed by atoms with E-state index in [1.807, 2.05) is 13.0 Å². The third-order valence-corrected chi connectivity index (χ3v) is 4.89. The summed E-state index contributed by atoms with van der Waals surface area (Å²) < 4.78 is 4.96. The fraction of sp³-hybridized carbons (Fsp3) is 0.500. The summed E-state index contributed by atoms with van der Waals surface area (Å²) in [5.41, 5.74) is 2.87. The van der Waals surface area contributed by atoms with Crippen molar-refractivity contribution < 1.29 is 9.53 Å². The van der Waals surface area contributed by atoms with Crippen LogP contribution in [0.25, 0.3) is 0 Å². The minimum atomic E-state index is -0.148. The van der Waals surface area contributed by atoms with Gasteiger partial charge in [0.2, 0.25) is 0 Å². The van der Waals surface area contributed by atoms with Gasteiger partial charge in [0.05, 0.1) is 0 Å². The van der Waals surface area contributed by atoms with E-state index in [2.05, 4.69) is 35.7 Å². The first-order valence-corrected chi connectivity index (χ1v) is 7.87. The molecule has 0 saturated heterocycles. The average Bonchev–Trinajstić information content (AvgIpc) is 2.85. The van der Waals surface area contributed by atoms with Crippen molar-refractivity contribution in [1.82, 2.24) is 0 Å². The minimum Gasteiger partial charge on any atom is -0.461 e. The second-order valence-corrected chi connectivity index (χ2v) is 6.29. The summed E-state index contributed by atoms with van der Waals surface area (Å²) >= 11 is 0. The van der Waals surface area contributed by atoms with E-state index in [-0.39, 0.29) is 11.6 Å². The van der Waals surface area contributed by atoms with Crippen molar-refractivity contribution in [3.8, 4) is 0 Å². The van der Waals surface area contributed by atoms with Gasteiger partial charge < -0.3 is 10.1 Å². The van der Waals surface area contributed by atoms with Crippen LogP contribution in [0, 0.1) is 5.92 Å². The summed E-state index contributed by atoms with van der Waals surface area (Å²) in [5, 5.41) is 3.79. The SMILES string of the molecule is CC(/C=C/[C@@H]1CCCC[C@]12Cc1ccccc1N2)OC=O. The summed E-state index contributed by atoms with van der Waals surface area (Å²) in [6, 6.07) is 8.62. The molecule has 3 heteroatoms. The zero-order chi connectivity index (χ0) is 14.7. The van der Waals surface area contributed by atoms with Gasteiger partial charge in [0.1, 0.15) is 6.10 Å². The Morgan fingerprint density at radius 2 is 2.24 bits per heavy atom. The average molecular weight is 285 g/mol. The molecule has 0 radical (unpaired) electrons. The number of fused-ring (bicyclic) bond motifs is 1. The Bertz CT molecular complexity index is 513. The van der Waals surface area contributed by atoms with Gasteiger partial charge in [-0.2, -0.15) is 0 Å². The van der Waals surface area contributed by atoms with Crippen molar-refractivity contribution in [3.63, 3.8) is 0 Å². The summed E-state index contributed by atoms with van der Waals surface area (Å²) in [6.45, 7) is 2.42. The second kappa shape index (κ2) is 5.92. The van der Waals surface area contributed by atoms with Crippen LogP contribution in [0.2, 0.25) is 0 Å². The molecule has 0 amide bonds. The number of hydrogen-bond acceptors (Lipinski definition) is 3. The molecule has 1 aromatic rings. The van der Waals surface area contributed by atoms with E-state index in [9.17, 15) is 4.79 Å². The number of rotatable bonds is 4. The highest BCUT2D eigenvalue weighted by molar-refractivity contribution is 5.59. The highest BCUT2D eigenvalue weighted by atomic mass is 16.5. The standard InChI is InChI=1S/C18H23NO2/c1-14(21-13-20)9-10-16-7-4-5-11-18(16)12-15-6-2-3-8-17(15)19-18/h2-3,6,8-10,13-14,16,19H,4-5,7,11-12H2,1H3/b10-9+/t14?,16-,18-/m0/s1. The first kappa shape index (κ1) is 14.2. The van der Waals surface area contributed by atoms with Crippen LogP contribution in [-0.4, -0.2) is 18.1 Å². The second-order valence-electron chi connectivity index (χ2n) is 6.29. The lowest BCUT2D eigenvalue weighted by Gasteiger charge is -2.41. The highest BCUT2D eigenvalue weighted by Crippen LogP contribution is 2.45. The monoisotopic (exact) mass is 285 g/mol. The van der Waals surface area contributed by atoms with Crippen LogP contribution in [-0.2, 0) is 16.0 Å². The van der Waals surface area contributed by atoms with Crippen LogP contribution in [0.1, 0.15) is 38.2 Å². The molecule has 1 saturated carbocycles. The first-order chi connectivity index (χ1) is 10.2. The van der Waals surface area contributed by atoms with Gasteiger partial charge in [0, 0.05) is 17.1 Å². The van der Waals surface area contributed by atoms with Gasteiger partial charge in [0.15, 0.2) is 0 Å². The third-order valence-electron chi connectivity index (χ3n) is 4.89. The molecule has 21 heavy (non-hydrogen) atoms. The molecular formula is C18H23NO2. The molecule has 2 aliphatic rings. The van der Waals surface area contributed by atoms with Crippen LogP contribution < -0.4 is 5.32 Å². The Morgan fingerprint density at radius 3 is 3.05 bits per heavy atom. The molecule has 3 rings (SSSR count). The maximum atomic E-state index is 10.4. The molecule has 1 aliphatic heterocycles. The van der Waals surface area contributed by atoms with Crippen molar-refractivity contribution in [2.24, 2.45) is 5.92 Å². The van der Waals surface area contributed by atoms with Crippen LogP contribution in [0.5, 0.6) is 0 Å². The lowest BCUT2D eigenvalue weighted by Crippen LogP contribution is -2.45. The van der Waals surface area contributed by atoms with Gasteiger partial charge in [0.25, 0.3) is 6.47 Å². The van der Waals surface area contributed by atoms with Crippen molar-refractivity contribution in [3.05, 3.63) is 42.0 Å². The Morgan fingerprint density at radius 1 is 1.38 bits per heavy atom. The molecule has 0 aromatic heterocycles. The van der Waals surface area contributed by atoms with Gasteiger partial charge >= 0.3 is 0 Å². The Balaban J connectivity index is 1.78. The zero-order valence-electron chi connectivity index (χ0n) is 12.5. The molecule has 1 heterocycles. The van der Waals surface area contributed by atoms with Crippen LogP contribution in [0.4, 0.5) is 5.69 Å². The van der Waals surface area contributed by atoms with Gasteiger partial charge in [-0.15, -0.1) is 0 Å². The van der Waals surface area contributed by atoms with Gasteiger partial charge in [-0.05, 0) is 43.9 Å². The predicted molar refractivity (Wildman–Crippen MR) is 84.2 cm³/mol. The van der Waals surface area contributed by atoms with E-state index in [1.165, 1.54) is 36.9 Å². The maximum absolute atomic E-state index is 10.4. The largest absolute Gasteiger partial charge is 0.461 e. The number of nitrogens with one attached hydrogen (secondary N) is 1. The van der Waals surface area contributed by atoms with Crippen molar-refractivity contribution >= 4 is 12.2 Å². The number of benzene rings is 1. The normalized spacial score (nSPS) is 29.1. The molecule has 1 spiro atoms. The molecule has 3 atom stereocenters. The third kappa shape index (κ3) is 2.82. The van der Waals surface area contributed by atoms with E-state index >= 15 is 0 Å². The molecule has 1 unspecified atom stereocenters. The number of anilines is 1. The molecule has 0 bridgehead atoms. The maximum Gasteiger partial charge on any atom is 0.293 e. The van der Waals surface area contributed by atoms with E-state index in [1.54, 1.807) is 0 Å². The van der Waals surface area contributed by atoms with Crippen LogP contribution in [0.3, 0.4) is 0 Å². The smallest absolute Gasteiger partial charge is 0.293 e. The van der Waals surface area contributed by atoms with E-state index in [4.69, 9.17) is 4.74 Å². The predicted octanol–water partition coefficient (Wildman–Crippen LogP) is 3.70. The Kier molecular flexibility index (Phi) is 4.00. The molecule has 1 aliphatic carbocycles. The van der Waals surface area contributed by atoms with Crippen molar-refractivity contribution in [1.29, 1.82) is 0 Å². The summed E-state index contributed by atoms with van der Waals surface area (Å²) in [4.78, 5) is 10.4. The fourth-order valence-electron chi connectivity index (χ4n) is 3.79. The summed E-state index contributed by atoms with van der Waals surface area (Å²) in [6.07, 6.45) is 10.2. The van der Waals surface area contributed by atoms with Crippen molar-refractivity contribution in [2.75, 3.05) is 5.32 Å². The number of carbonyl (C=O) groups excluding carboxylic acids is 1. The lowest BCUT2D eigenvalue weighted by molar-refractivity contribution is -0.130. The Labute approximate surface area is 126 Å². The Hall–Kier alpha value is -1.77. The van der Waals surface area contributed by atoms with E-state index in [0.717, 1.165) is 6.42 Å². The van der Waals surface area contributed by atoms with Crippen molar-refractivity contribution in [2.45, 2.75) is 50.7 Å². The van der Waals surface area contributed by atoms with Gasteiger partial charge in [-0.3, -0.25) is 4.79 Å². The molecule has 1 fully saturated rings. The van der Waals surface area contributed by atoms with Gasteiger partial charge in [-0.1, -0.05) is 37.1 Å². The number of ether oxygens (including phenoxy) is 1. The van der Waals surface area contributed by atoms with Gasteiger partial charge in [-0.25, -0.2) is 0 Å². The molecule has 3 nitrogen and oxygen atoms in total. The number of para-hydroxylation sites is 1. The van der Waals surface area contributed by atoms with E-state index in [0.29, 0.717) is 12.4 Å². The number of carbonyl (C=O) groups is 1. The highest BCUT2D eigenvalue weighted by Gasteiger charge is 2.43. The fourth-order valence-corrected chi connectivity index (χ4v) is 3.79. The lowest BCUT2D eigenvalue weighted by atomic mass is 9.71. The molecule has 112 valence electrons. The van der Waals surface area contributed by atoms with Crippen LogP contribution in [0.15, 0.2) is 36.4 Å². The van der Waals surface area contributed by atoms with E-state index < -0.39 is 0 Å². The van der Waals surface area contributed by atoms with Crippen LogP contribution >= 0.6 is 0 Å². The quantitative estimate of drug-likeness (QED) is 0.677. The number of hydrogen-bond donors (Lipinski definition) is 1. The molecule has 1 aromatic carbocycles. The minimum absolute atomic E-state index is 0.148. The first-order valence-electron chi connectivity index (χ1n) is 7.87. The zero-order valence-corrected chi connectivity index (χ0v) is 12.5. The summed E-state index contributed by atoms with van der Waals surface area (Å²) in [7, 11) is 0. The summed E-state index contributed by atoms with van der Waals surface area (Å²) in [5.74, 6) is 0.497. The topological polar surface area (TPSA) is 38.3 Å².